The van der Waals surface area contributed by atoms with E-state index < -0.39 is 22.5 Å². The van der Waals surface area contributed by atoms with Crippen molar-refractivity contribution in [3.8, 4) is 0 Å². The fourth-order valence-electron chi connectivity index (χ4n) is 3.52. The average Bonchev–Trinajstić information content (AvgIpc) is 3.16. The van der Waals surface area contributed by atoms with E-state index in [1.54, 1.807) is 18.2 Å². The fraction of sp³-hybridized carbons (Fsp3) is 0. The van der Waals surface area contributed by atoms with Crippen LogP contribution in [0.15, 0.2) is 73.6 Å². The molecule has 0 spiro atoms. The molecule has 0 saturated carbocycles. The minimum Gasteiger partial charge on any atom is -0.456 e. The molecule has 0 amide bonds. The third-order valence-electron chi connectivity index (χ3n) is 5.13. The van der Waals surface area contributed by atoms with Crippen molar-refractivity contribution in [3.05, 3.63) is 92.2 Å². The molecule has 9 heteroatoms. The van der Waals surface area contributed by atoms with Gasteiger partial charge in [-0.2, -0.15) is 0 Å². The molecule has 0 atom stereocenters. The molecule has 5 rings (SSSR count). The van der Waals surface area contributed by atoms with Gasteiger partial charge in [-0.3, -0.25) is 9.59 Å². The van der Waals surface area contributed by atoms with Crippen LogP contribution in [0.25, 0.3) is 21.9 Å². The van der Waals surface area contributed by atoms with Crippen LogP contribution in [-0.2, 0) is 0 Å². The Balaban J connectivity index is 1.53. The van der Waals surface area contributed by atoms with Crippen molar-refractivity contribution in [2.45, 2.75) is 0 Å². The van der Waals surface area contributed by atoms with Gasteiger partial charge in [-0.1, -0.05) is 18.2 Å². The number of para-hydroxylation sites is 1. The molecule has 0 saturated heterocycles. The van der Waals surface area contributed by atoms with Crippen molar-refractivity contribution in [3.63, 3.8) is 0 Å². The van der Waals surface area contributed by atoms with Crippen molar-refractivity contribution < 1.29 is 13.2 Å². The molecule has 0 aliphatic heterocycles. The van der Waals surface area contributed by atoms with Gasteiger partial charge < -0.3 is 21.2 Å². The number of fused-ring (bicyclic) bond motifs is 3. The Labute approximate surface area is 178 Å². The Morgan fingerprint density at radius 1 is 0.906 bits per heavy atom. The quantitative estimate of drug-likeness (QED) is 0.172. The van der Waals surface area contributed by atoms with Crippen LogP contribution in [0.1, 0.15) is 5.56 Å². The van der Waals surface area contributed by atoms with Crippen LogP contribution in [0, 0.1) is 11.6 Å². The number of halogens is 2. The zero-order valence-electron chi connectivity index (χ0n) is 16.3. The maximum absolute atomic E-state index is 13.6. The largest absolute Gasteiger partial charge is 0.456 e. The van der Waals surface area contributed by atoms with Crippen LogP contribution >= 0.6 is 0 Å². The maximum atomic E-state index is 13.6. The van der Waals surface area contributed by atoms with Gasteiger partial charge in [0.15, 0.2) is 11.6 Å². The molecular formula is C23H14F2N4O3. The van der Waals surface area contributed by atoms with Crippen molar-refractivity contribution in [1.82, 2.24) is 0 Å². The summed E-state index contributed by atoms with van der Waals surface area (Å²) in [4.78, 5) is 28.2. The first-order chi connectivity index (χ1) is 15.3. The summed E-state index contributed by atoms with van der Waals surface area (Å²) in [7, 11) is 0. The number of nitrogens with zero attached hydrogens (tertiary/aromatic N) is 1. The monoisotopic (exact) mass is 432 g/mol. The van der Waals surface area contributed by atoms with E-state index in [9.17, 15) is 18.4 Å². The van der Waals surface area contributed by atoms with Crippen molar-refractivity contribution in [2.24, 2.45) is 10.7 Å². The molecule has 0 unspecified atom stereocenters. The van der Waals surface area contributed by atoms with E-state index in [-0.39, 0.29) is 28.5 Å². The first-order valence-corrected chi connectivity index (χ1v) is 9.44. The number of rotatable bonds is 4. The van der Waals surface area contributed by atoms with E-state index >= 15 is 0 Å². The summed E-state index contributed by atoms with van der Waals surface area (Å²) < 4.78 is 32.7. The Morgan fingerprint density at radius 2 is 1.62 bits per heavy atom. The summed E-state index contributed by atoms with van der Waals surface area (Å²) in [6.45, 7) is 0. The second-order valence-electron chi connectivity index (χ2n) is 7.17. The molecule has 5 N–H and O–H groups in total. The summed E-state index contributed by atoms with van der Waals surface area (Å²) in [5, 5.41) is 4.61. The van der Waals surface area contributed by atoms with E-state index in [4.69, 9.17) is 15.9 Å². The third-order valence-corrected chi connectivity index (χ3v) is 5.13. The van der Waals surface area contributed by atoms with Crippen molar-refractivity contribution in [1.29, 1.82) is 0 Å². The molecule has 0 aliphatic rings. The van der Waals surface area contributed by atoms with Crippen LogP contribution in [0.2, 0.25) is 0 Å². The van der Waals surface area contributed by atoms with Crippen LogP contribution < -0.4 is 27.6 Å². The second kappa shape index (κ2) is 7.02. The molecule has 5 aromatic rings. The highest BCUT2D eigenvalue weighted by Crippen LogP contribution is 2.32. The number of hydrogen-bond acceptors (Lipinski definition) is 6. The molecule has 158 valence electrons. The number of amidine groups is 1. The minimum absolute atomic E-state index is 0.0637. The van der Waals surface area contributed by atoms with Crippen LogP contribution in [0.5, 0.6) is 0 Å². The highest BCUT2D eigenvalue weighted by molar-refractivity contribution is 6.06. The number of nitrogens with two attached hydrogens (primary N) is 2. The first-order valence-electron chi connectivity index (χ1n) is 9.44. The lowest BCUT2D eigenvalue weighted by atomic mass is 10.1. The topological polar surface area (TPSA) is 124 Å². The standard InChI is InChI=1S/C23H14F2N4O3/c24-14-8-13(16(26)9-15(14)25)23(27)29-20-19(21(30)22(20)31)28-10-5-6-18-12(7-10)11-3-1-2-4-17(11)32-18/h1-9,28H,26H2,(H2,27,29). The summed E-state index contributed by atoms with van der Waals surface area (Å²) in [6, 6.07) is 14.2. The summed E-state index contributed by atoms with van der Waals surface area (Å²) in [5.74, 6) is -2.64. The van der Waals surface area contributed by atoms with Crippen LogP contribution in [0.4, 0.5) is 31.5 Å². The molecule has 1 aromatic heterocycles. The number of nitrogen functional groups attached to an aromatic ring is 1. The number of nitrogens with one attached hydrogen (secondary N) is 1. The fourth-order valence-corrected chi connectivity index (χ4v) is 3.52. The molecule has 0 radical (unpaired) electrons. The molecule has 32 heavy (non-hydrogen) atoms. The van der Waals surface area contributed by atoms with Crippen molar-refractivity contribution >= 4 is 50.5 Å². The van der Waals surface area contributed by atoms with Gasteiger partial charge in [0.25, 0.3) is 10.9 Å². The summed E-state index contributed by atoms with van der Waals surface area (Å²) in [6.07, 6.45) is 0. The van der Waals surface area contributed by atoms with E-state index in [0.717, 1.165) is 28.5 Å². The van der Waals surface area contributed by atoms with E-state index in [2.05, 4.69) is 10.3 Å². The van der Waals surface area contributed by atoms with Gasteiger partial charge in [0, 0.05) is 33.8 Å². The zero-order valence-corrected chi connectivity index (χ0v) is 16.3. The lowest BCUT2D eigenvalue weighted by Gasteiger charge is -2.12. The first kappa shape index (κ1) is 19.4. The maximum Gasteiger partial charge on any atom is 0.255 e. The highest BCUT2D eigenvalue weighted by Gasteiger charge is 2.22. The third kappa shape index (κ3) is 2.99. The number of benzene rings is 3. The highest BCUT2D eigenvalue weighted by atomic mass is 19.2. The molecule has 0 bridgehead atoms. The molecule has 0 aliphatic carbocycles. The molecule has 0 fully saturated rings. The normalized spacial score (nSPS) is 12.1. The number of hydrogen-bond donors (Lipinski definition) is 3. The predicted octanol–water partition coefficient (Wildman–Crippen LogP) is 3.82. The second-order valence-corrected chi connectivity index (χ2v) is 7.17. The summed E-state index contributed by atoms with van der Waals surface area (Å²) >= 11 is 0. The minimum atomic E-state index is -1.17. The van der Waals surface area contributed by atoms with Crippen LogP contribution in [0.3, 0.4) is 0 Å². The smallest absolute Gasteiger partial charge is 0.255 e. The van der Waals surface area contributed by atoms with E-state index in [1.807, 2.05) is 24.3 Å². The lowest BCUT2D eigenvalue weighted by molar-refractivity contribution is 0.509. The van der Waals surface area contributed by atoms with E-state index in [1.165, 1.54) is 0 Å². The van der Waals surface area contributed by atoms with E-state index in [0.29, 0.717) is 11.3 Å². The van der Waals surface area contributed by atoms with Gasteiger partial charge in [0.05, 0.1) is 0 Å². The Hall–Kier alpha value is -4.53. The number of anilines is 3. The molecule has 1 heterocycles. The van der Waals surface area contributed by atoms with Gasteiger partial charge >= 0.3 is 0 Å². The van der Waals surface area contributed by atoms with Gasteiger partial charge in [-0.25, -0.2) is 13.8 Å². The van der Waals surface area contributed by atoms with Crippen LogP contribution in [-0.4, -0.2) is 5.84 Å². The Morgan fingerprint density at radius 3 is 2.44 bits per heavy atom. The lowest BCUT2D eigenvalue weighted by Crippen LogP contribution is -2.33. The SMILES string of the molecule is NC(=Nc1c(Nc2ccc3oc4ccccc4c3c2)c(=O)c1=O)c1cc(F)c(F)cc1N. The Kier molecular flexibility index (Phi) is 4.26. The predicted molar refractivity (Wildman–Crippen MR) is 120 cm³/mol. The van der Waals surface area contributed by atoms with Crippen molar-refractivity contribution in [2.75, 3.05) is 11.1 Å². The number of aliphatic imine (C=N–C) groups is 1. The average molecular weight is 432 g/mol. The zero-order chi connectivity index (χ0) is 22.6. The summed E-state index contributed by atoms with van der Waals surface area (Å²) in [5.41, 5.74) is 11.3. The molecule has 7 nitrogen and oxygen atoms in total. The van der Waals surface area contributed by atoms with Gasteiger partial charge in [-0.05, 0) is 30.3 Å². The number of furan rings is 1. The molecule has 4 aromatic carbocycles. The van der Waals surface area contributed by atoms with Gasteiger partial charge in [0.1, 0.15) is 28.4 Å². The van der Waals surface area contributed by atoms with Gasteiger partial charge in [0.2, 0.25) is 0 Å². The van der Waals surface area contributed by atoms with Gasteiger partial charge in [-0.15, -0.1) is 0 Å². The molecular weight excluding hydrogens is 418 g/mol. The Bertz CT molecular complexity index is 1650.